The monoisotopic (exact) mass is 354 g/mol. The van der Waals surface area contributed by atoms with Gasteiger partial charge in [-0.2, -0.15) is 23.5 Å². The molecule has 0 saturated carbocycles. The molecule has 0 aliphatic carbocycles. The van der Waals surface area contributed by atoms with Gasteiger partial charge < -0.3 is 0 Å². The van der Waals surface area contributed by atoms with Crippen LogP contribution in [0, 0.1) is 0 Å². The molecule has 0 aliphatic rings. The minimum Gasteiger partial charge on any atom is -0.154 e. The van der Waals surface area contributed by atoms with E-state index in [0.717, 1.165) is 11.5 Å². The van der Waals surface area contributed by atoms with Crippen LogP contribution in [0.4, 0.5) is 0 Å². The van der Waals surface area contributed by atoms with E-state index in [1.54, 1.807) is 0 Å². The Morgan fingerprint density at radius 1 is 0.583 bits per heavy atom. The first-order valence-electron chi connectivity index (χ1n) is 8.72. The molecule has 0 atom stereocenters. The van der Waals surface area contributed by atoms with Crippen LogP contribution in [-0.4, -0.2) is 10.5 Å². The predicted octanol–water partition coefficient (Wildman–Crippen LogP) is 7.28. The smallest absolute Gasteiger partial charge is 0.0196 e. The van der Waals surface area contributed by atoms with E-state index >= 15 is 0 Å². The molecular weight excluding hydrogens is 328 g/mol. The maximum atomic E-state index is 2.31. The lowest BCUT2D eigenvalue weighted by Gasteiger charge is -2.19. The summed E-state index contributed by atoms with van der Waals surface area (Å²) in [5.41, 5.74) is 3.08. The third-order valence-corrected chi connectivity index (χ3v) is 6.52. The lowest BCUT2D eigenvalue weighted by molar-refractivity contribution is 1.10. The Kier molecular flexibility index (Phi) is 5.78. The van der Waals surface area contributed by atoms with Gasteiger partial charge in [0.05, 0.1) is 0 Å². The molecule has 0 nitrogen and oxygen atoms in total. The summed E-state index contributed by atoms with van der Waals surface area (Å²) in [6.07, 6.45) is 0. The number of thioether (sulfide) groups is 2. The molecule has 0 amide bonds. The Morgan fingerprint density at radius 2 is 0.917 bits per heavy atom. The molecule has 0 aromatic heterocycles. The molecule has 0 aliphatic heterocycles. The highest BCUT2D eigenvalue weighted by Crippen LogP contribution is 2.37. The van der Waals surface area contributed by atoms with Crippen molar-refractivity contribution in [3.63, 3.8) is 0 Å². The predicted molar refractivity (Wildman–Crippen MR) is 114 cm³/mol. The molecular formula is C22H26S2. The normalized spacial score (nSPS) is 11.9. The molecule has 3 rings (SSSR count). The number of benzene rings is 3. The molecule has 24 heavy (non-hydrogen) atoms. The number of rotatable bonds is 6. The van der Waals surface area contributed by atoms with Crippen molar-refractivity contribution in [2.45, 2.75) is 49.7 Å². The van der Waals surface area contributed by atoms with Crippen molar-refractivity contribution < 1.29 is 0 Å². The first-order valence-corrected chi connectivity index (χ1v) is 10.8. The van der Waals surface area contributed by atoms with Crippen LogP contribution in [0.3, 0.4) is 0 Å². The number of fused-ring (bicyclic) bond motifs is 3. The van der Waals surface area contributed by atoms with Crippen molar-refractivity contribution in [1.82, 2.24) is 0 Å². The van der Waals surface area contributed by atoms with Gasteiger partial charge in [0.15, 0.2) is 0 Å². The van der Waals surface area contributed by atoms with Gasteiger partial charge in [-0.15, -0.1) is 0 Å². The van der Waals surface area contributed by atoms with E-state index in [0.29, 0.717) is 10.5 Å². The third kappa shape index (κ3) is 3.75. The second kappa shape index (κ2) is 7.84. The van der Waals surface area contributed by atoms with Crippen LogP contribution in [-0.2, 0) is 11.5 Å². The fraction of sp³-hybridized carbons (Fsp3) is 0.364. The lowest BCUT2D eigenvalue weighted by atomic mass is 9.93. The van der Waals surface area contributed by atoms with Crippen molar-refractivity contribution >= 4 is 45.1 Å². The van der Waals surface area contributed by atoms with Crippen LogP contribution < -0.4 is 0 Å². The summed E-state index contributed by atoms with van der Waals surface area (Å²) in [5.74, 6) is 2.19. The van der Waals surface area contributed by atoms with Crippen LogP contribution in [0.5, 0.6) is 0 Å². The molecule has 0 radical (unpaired) electrons. The van der Waals surface area contributed by atoms with Gasteiger partial charge in [-0.3, -0.25) is 0 Å². The Hall–Kier alpha value is -1.12. The van der Waals surface area contributed by atoms with E-state index in [9.17, 15) is 0 Å². The average Bonchev–Trinajstić information content (AvgIpc) is 2.58. The van der Waals surface area contributed by atoms with Crippen molar-refractivity contribution in [1.29, 1.82) is 0 Å². The van der Waals surface area contributed by atoms with Crippen LogP contribution >= 0.6 is 23.5 Å². The molecule has 126 valence electrons. The first-order chi connectivity index (χ1) is 11.6. The van der Waals surface area contributed by atoms with E-state index in [-0.39, 0.29) is 0 Å². The Morgan fingerprint density at radius 3 is 1.25 bits per heavy atom. The standard InChI is InChI=1S/C22H26S2/c1-15(2)23-13-21-19-11-7-5-9-17(19)18-10-6-8-12-20(18)22(21)14-24-16(3)4/h5-12,15-16H,13-14H2,1-4H3. The highest BCUT2D eigenvalue weighted by Gasteiger charge is 2.15. The minimum absolute atomic E-state index is 0.654. The number of hydrogen-bond donors (Lipinski definition) is 0. The Balaban J connectivity index is 2.25. The van der Waals surface area contributed by atoms with Crippen molar-refractivity contribution in [3.8, 4) is 0 Å². The Bertz CT molecular complexity index is 763. The zero-order valence-electron chi connectivity index (χ0n) is 15.0. The quantitative estimate of drug-likeness (QED) is 0.427. The van der Waals surface area contributed by atoms with Crippen LogP contribution in [0.1, 0.15) is 38.8 Å². The van der Waals surface area contributed by atoms with E-state index < -0.39 is 0 Å². The lowest BCUT2D eigenvalue weighted by Crippen LogP contribution is -1.99. The summed E-state index contributed by atoms with van der Waals surface area (Å²) < 4.78 is 0. The molecule has 0 fully saturated rings. The highest BCUT2D eigenvalue weighted by atomic mass is 32.2. The average molecular weight is 355 g/mol. The second-order valence-corrected chi connectivity index (χ2v) is 9.90. The first kappa shape index (κ1) is 17.7. The van der Waals surface area contributed by atoms with Gasteiger partial charge >= 0.3 is 0 Å². The zero-order chi connectivity index (χ0) is 17.1. The number of hydrogen-bond acceptors (Lipinski definition) is 2. The van der Waals surface area contributed by atoms with E-state index in [1.807, 2.05) is 23.5 Å². The summed E-state index contributed by atoms with van der Waals surface area (Å²) in [5, 5.41) is 6.96. The molecule has 0 N–H and O–H groups in total. The fourth-order valence-electron chi connectivity index (χ4n) is 3.12. The SMILES string of the molecule is CC(C)SCc1c(CSC(C)C)c2ccccc2c2ccccc12. The molecule has 3 aromatic rings. The highest BCUT2D eigenvalue weighted by molar-refractivity contribution is 7.99. The van der Waals surface area contributed by atoms with E-state index in [4.69, 9.17) is 0 Å². The van der Waals surface area contributed by atoms with Crippen LogP contribution in [0.15, 0.2) is 48.5 Å². The second-order valence-electron chi connectivity index (χ2n) is 6.77. The van der Waals surface area contributed by atoms with Gasteiger partial charge in [0.25, 0.3) is 0 Å². The van der Waals surface area contributed by atoms with Gasteiger partial charge in [-0.25, -0.2) is 0 Å². The van der Waals surface area contributed by atoms with Gasteiger partial charge in [-0.05, 0) is 43.2 Å². The largest absolute Gasteiger partial charge is 0.154 e. The van der Waals surface area contributed by atoms with Crippen molar-refractivity contribution in [2.75, 3.05) is 0 Å². The minimum atomic E-state index is 0.654. The summed E-state index contributed by atoms with van der Waals surface area (Å²) >= 11 is 4.09. The van der Waals surface area contributed by atoms with Gasteiger partial charge in [0.2, 0.25) is 0 Å². The molecule has 2 heteroatoms. The van der Waals surface area contributed by atoms with E-state index in [1.165, 1.54) is 32.7 Å². The fourth-order valence-corrected chi connectivity index (χ4v) is 4.78. The Labute approximate surface area is 154 Å². The van der Waals surface area contributed by atoms with Gasteiger partial charge in [0, 0.05) is 11.5 Å². The van der Waals surface area contributed by atoms with Crippen LogP contribution in [0.25, 0.3) is 21.5 Å². The zero-order valence-corrected chi connectivity index (χ0v) is 16.6. The summed E-state index contributed by atoms with van der Waals surface area (Å²) in [6, 6.07) is 17.9. The van der Waals surface area contributed by atoms with E-state index in [2.05, 4.69) is 76.2 Å². The summed E-state index contributed by atoms with van der Waals surface area (Å²) in [7, 11) is 0. The topological polar surface area (TPSA) is 0 Å². The molecule has 3 aromatic carbocycles. The summed E-state index contributed by atoms with van der Waals surface area (Å²) in [4.78, 5) is 0. The molecule has 0 unspecified atom stereocenters. The maximum Gasteiger partial charge on any atom is 0.0196 e. The molecule has 0 bridgehead atoms. The van der Waals surface area contributed by atoms with Gasteiger partial charge in [0.1, 0.15) is 0 Å². The van der Waals surface area contributed by atoms with Gasteiger partial charge in [-0.1, -0.05) is 76.2 Å². The molecule has 0 spiro atoms. The third-order valence-electron chi connectivity index (χ3n) is 4.28. The van der Waals surface area contributed by atoms with Crippen LogP contribution in [0.2, 0.25) is 0 Å². The van der Waals surface area contributed by atoms with Crippen molar-refractivity contribution in [2.24, 2.45) is 0 Å². The molecule has 0 saturated heterocycles. The molecule has 0 heterocycles. The maximum absolute atomic E-state index is 2.31. The van der Waals surface area contributed by atoms with Crippen molar-refractivity contribution in [3.05, 3.63) is 59.7 Å². The summed E-state index contributed by atoms with van der Waals surface area (Å²) in [6.45, 7) is 9.15.